The topological polar surface area (TPSA) is 61.8 Å². The number of rotatable bonds is 2. The molecule has 0 aromatic heterocycles. The number of anilines is 1. The molecule has 1 atom stereocenters. The summed E-state index contributed by atoms with van der Waals surface area (Å²) in [4.78, 5) is 13.6. The molecule has 0 bridgehead atoms. The monoisotopic (exact) mass is 268 g/mol. The summed E-state index contributed by atoms with van der Waals surface area (Å²) in [7, 11) is 0. The van der Waals surface area contributed by atoms with Crippen molar-refractivity contribution in [2.24, 2.45) is 5.92 Å². The Balaban J connectivity index is 1.98. The number of carbonyl (C=O) groups excluding carboxylic acids is 1. The third-order valence-electron chi connectivity index (χ3n) is 2.96. The van der Waals surface area contributed by atoms with E-state index in [9.17, 15) is 9.18 Å². The maximum Gasteiger partial charge on any atom is 0.321 e. The summed E-state index contributed by atoms with van der Waals surface area (Å²) < 4.78 is 18.3. The Morgan fingerprint density at radius 2 is 2.42 bits per heavy atom. The van der Waals surface area contributed by atoms with Gasteiger partial charge in [-0.15, -0.1) is 0 Å². The van der Waals surface area contributed by atoms with Crippen LogP contribution in [0.15, 0.2) is 24.3 Å². The van der Waals surface area contributed by atoms with Crippen LogP contribution < -0.4 is 5.32 Å². The number of aliphatic hydroxyl groups excluding tert-OH is 1. The molecule has 1 aliphatic rings. The van der Waals surface area contributed by atoms with Crippen LogP contribution >= 0.6 is 0 Å². The predicted octanol–water partition coefficient (Wildman–Crippen LogP) is 1.30. The fourth-order valence-corrected chi connectivity index (χ4v) is 1.94. The van der Waals surface area contributed by atoms with Crippen molar-refractivity contribution in [1.29, 1.82) is 0 Å². The van der Waals surface area contributed by atoms with Gasteiger partial charge in [-0.2, -0.15) is 0 Å². The molecule has 1 heterocycles. The van der Waals surface area contributed by atoms with Crippen molar-refractivity contribution < 1.29 is 19.0 Å². The van der Waals surface area contributed by atoms with Gasteiger partial charge in [0.05, 0.1) is 13.2 Å². The summed E-state index contributed by atoms with van der Waals surface area (Å²) in [6.45, 7) is 1.74. The average molecular weight is 268 g/mol. The number of amides is 2. The average Bonchev–Trinajstić information content (AvgIpc) is 2.64. The summed E-state index contributed by atoms with van der Waals surface area (Å²) >= 11 is 0. The van der Waals surface area contributed by atoms with Crippen molar-refractivity contribution in [2.75, 3.05) is 38.2 Å². The lowest BCUT2D eigenvalue weighted by molar-refractivity contribution is 0.0958. The smallest absolute Gasteiger partial charge is 0.321 e. The number of carbonyl (C=O) groups is 1. The predicted molar refractivity (Wildman–Crippen MR) is 68.4 cm³/mol. The second-order valence-electron chi connectivity index (χ2n) is 4.51. The molecule has 0 unspecified atom stereocenters. The van der Waals surface area contributed by atoms with Gasteiger partial charge in [0.15, 0.2) is 0 Å². The highest BCUT2D eigenvalue weighted by atomic mass is 19.1. The lowest BCUT2D eigenvalue weighted by atomic mass is 10.2. The summed E-state index contributed by atoms with van der Waals surface area (Å²) in [5, 5.41) is 11.8. The Labute approximate surface area is 111 Å². The van der Waals surface area contributed by atoms with Crippen LogP contribution in [0.1, 0.15) is 0 Å². The van der Waals surface area contributed by atoms with E-state index in [1.54, 1.807) is 11.0 Å². The molecule has 5 nitrogen and oxygen atoms in total. The number of hydrogen-bond acceptors (Lipinski definition) is 3. The normalized spacial score (nSPS) is 19.9. The maximum absolute atomic E-state index is 13.0. The van der Waals surface area contributed by atoms with E-state index in [2.05, 4.69) is 5.32 Å². The highest BCUT2D eigenvalue weighted by Crippen LogP contribution is 2.12. The zero-order chi connectivity index (χ0) is 13.7. The van der Waals surface area contributed by atoms with Crippen LogP contribution in [0.25, 0.3) is 0 Å². The molecule has 1 aromatic rings. The number of ether oxygens (including phenoxy) is 1. The first-order valence-electron chi connectivity index (χ1n) is 6.19. The Morgan fingerprint density at radius 3 is 3.16 bits per heavy atom. The SMILES string of the molecule is O=C(Nc1cccc(F)c1)N1CCOC[C@H](CO)C1. The van der Waals surface area contributed by atoms with E-state index >= 15 is 0 Å². The van der Waals surface area contributed by atoms with Gasteiger partial charge >= 0.3 is 6.03 Å². The molecule has 6 heteroatoms. The summed E-state index contributed by atoms with van der Waals surface area (Å²) in [6.07, 6.45) is 0. The van der Waals surface area contributed by atoms with Gasteiger partial charge in [0.2, 0.25) is 0 Å². The van der Waals surface area contributed by atoms with Crippen molar-refractivity contribution in [1.82, 2.24) is 4.90 Å². The number of nitrogens with zero attached hydrogens (tertiary/aromatic N) is 1. The molecule has 1 aromatic carbocycles. The molecule has 2 amide bonds. The third-order valence-corrected chi connectivity index (χ3v) is 2.96. The molecular formula is C13H17FN2O3. The molecular weight excluding hydrogens is 251 g/mol. The van der Waals surface area contributed by atoms with Crippen LogP contribution in [-0.4, -0.2) is 48.9 Å². The molecule has 1 aliphatic heterocycles. The van der Waals surface area contributed by atoms with Gasteiger partial charge in [0.1, 0.15) is 5.82 Å². The highest BCUT2D eigenvalue weighted by molar-refractivity contribution is 5.89. The van der Waals surface area contributed by atoms with Gasteiger partial charge in [-0.1, -0.05) is 6.07 Å². The summed E-state index contributed by atoms with van der Waals surface area (Å²) in [6, 6.07) is 5.42. The molecule has 0 spiro atoms. The third kappa shape index (κ3) is 3.90. The number of benzene rings is 1. The van der Waals surface area contributed by atoms with Crippen LogP contribution in [0.5, 0.6) is 0 Å². The first-order chi connectivity index (χ1) is 9.19. The Morgan fingerprint density at radius 1 is 1.58 bits per heavy atom. The molecule has 1 saturated heterocycles. The Kier molecular flexibility index (Phi) is 4.70. The zero-order valence-corrected chi connectivity index (χ0v) is 10.5. The van der Waals surface area contributed by atoms with Crippen molar-refractivity contribution in [3.8, 4) is 0 Å². The highest BCUT2D eigenvalue weighted by Gasteiger charge is 2.22. The molecule has 19 heavy (non-hydrogen) atoms. The van der Waals surface area contributed by atoms with Gasteiger partial charge in [-0.3, -0.25) is 0 Å². The van der Waals surface area contributed by atoms with E-state index in [1.807, 2.05) is 0 Å². The van der Waals surface area contributed by atoms with Crippen molar-refractivity contribution >= 4 is 11.7 Å². The largest absolute Gasteiger partial charge is 0.396 e. The molecule has 1 fully saturated rings. The number of nitrogens with one attached hydrogen (secondary N) is 1. The number of hydrogen-bond donors (Lipinski definition) is 2. The van der Waals surface area contributed by atoms with Crippen molar-refractivity contribution in [3.63, 3.8) is 0 Å². The van der Waals surface area contributed by atoms with E-state index in [0.29, 0.717) is 32.0 Å². The standard InChI is InChI=1S/C13H17FN2O3/c14-11-2-1-3-12(6-11)15-13(18)16-4-5-19-9-10(7-16)8-17/h1-3,6,10,17H,4-5,7-9H2,(H,15,18)/t10-/m0/s1. The van der Waals surface area contributed by atoms with Gasteiger partial charge in [0, 0.05) is 31.3 Å². The maximum atomic E-state index is 13.0. The Bertz CT molecular complexity index is 442. The van der Waals surface area contributed by atoms with Gasteiger partial charge < -0.3 is 20.1 Å². The number of halogens is 1. The van der Waals surface area contributed by atoms with E-state index in [4.69, 9.17) is 9.84 Å². The lowest BCUT2D eigenvalue weighted by Crippen LogP contribution is -2.39. The molecule has 0 saturated carbocycles. The molecule has 2 N–H and O–H groups in total. The minimum atomic E-state index is -0.398. The first kappa shape index (κ1) is 13.8. The fourth-order valence-electron chi connectivity index (χ4n) is 1.94. The van der Waals surface area contributed by atoms with Crippen LogP contribution in [0.2, 0.25) is 0 Å². The number of urea groups is 1. The second kappa shape index (κ2) is 6.49. The van der Waals surface area contributed by atoms with E-state index < -0.39 is 5.82 Å². The van der Waals surface area contributed by atoms with Crippen molar-refractivity contribution in [3.05, 3.63) is 30.1 Å². The number of aliphatic hydroxyl groups is 1. The minimum absolute atomic E-state index is 0.0241. The summed E-state index contributed by atoms with van der Waals surface area (Å²) in [5.74, 6) is -0.481. The lowest BCUT2D eigenvalue weighted by Gasteiger charge is -2.23. The minimum Gasteiger partial charge on any atom is -0.396 e. The molecule has 2 rings (SSSR count). The van der Waals surface area contributed by atoms with E-state index in [0.717, 1.165) is 0 Å². The zero-order valence-electron chi connectivity index (χ0n) is 10.5. The molecule has 0 aliphatic carbocycles. The van der Waals surface area contributed by atoms with Crippen LogP contribution in [0, 0.1) is 11.7 Å². The van der Waals surface area contributed by atoms with E-state index in [1.165, 1.54) is 18.2 Å². The Hall–Kier alpha value is -1.66. The quantitative estimate of drug-likeness (QED) is 0.850. The first-order valence-corrected chi connectivity index (χ1v) is 6.19. The van der Waals surface area contributed by atoms with E-state index in [-0.39, 0.29) is 18.6 Å². The van der Waals surface area contributed by atoms with Gasteiger partial charge in [0.25, 0.3) is 0 Å². The van der Waals surface area contributed by atoms with Crippen LogP contribution in [0.3, 0.4) is 0 Å². The van der Waals surface area contributed by atoms with Gasteiger partial charge in [-0.05, 0) is 18.2 Å². The fraction of sp³-hybridized carbons (Fsp3) is 0.462. The molecule has 0 radical (unpaired) electrons. The second-order valence-corrected chi connectivity index (χ2v) is 4.51. The molecule has 104 valence electrons. The summed E-state index contributed by atoms with van der Waals surface area (Å²) in [5.41, 5.74) is 0.413. The van der Waals surface area contributed by atoms with Crippen molar-refractivity contribution in [2.45, 2.75) is 0 Å². The van der Waals surface area contributed by atoms with Gasteiger partial charge in [-0.25, -0.2) is 9.18 Å². The van der Waals surface area contributed by atoms with Crippen LogP contribution in [-0.2, 0) is 4.74 Å². The van der Waals surface area contributed by atoms with Crippen LogP contribution in [0.4, 0.5) is 14.9 Å².